The molecule has 0 amide bonds. The van der Waals surface area contributed by atoms with Gasteiger partial charge in [-0.2, -0.15) is 0 Å². The fraction of sp³-hybridized carbons (Fsp3) is 0.684. The van der Waals surface area contributed by atoms with Gasteiger partial charge in [0.05, 0.1) is 12.7 Å². The molecule has 0 aliphatic heterocycles. The van der Waals surface area contributed by atoms with Crippen LogP contribution in [0.25, 0.3) is 0 Å². The number of hydrogen-bond acceptors (Lipinski definition) is 2. The van der Waals surface area contributed by atoms with Crippen molar-refractivity contribution in [3.63, 3.8) is 0 Å². The molecule has 0 aromatic heterocycles. The quantitative estimate of drug-likeness (QED) is 0.796. The Kier molecular flexibility index (Phi) is 6.72. The summed E-state index contributed by atoms with van der Waals surface area (Å²) in [6, 6.07) is 8.85. The first-order valence-electron chi connectivity index (χ1n) is 8.53. The predicted molar refractivity (Wildman–Crippen MR) is 89.2 cm³/mol. The van der Waals surface area contributed by atoms with E-state index < -0.39 is 0 Å². The second kappa shape index (κ2) is 8.55. The summed E-state index contributed by atoms with van der Waals surface area (Å²) in [5.74, 6) is 1.54. The molecule has 118 valence electrons. The van der Waals surface area contributed by atoms with Crippen molar-refractivity contribution >= 4 is 0 Å². The van der Waals surface area contributed by atoms with Crippen molar-refractivity contribution in [3.8, 4) is 0 Å². The highest BCUT2D eigenvalue weighted by molar-refractivity contribution is 5.21. The highest BCUT2D eigenvalue weighted by Crippen LogP contribution is 2.26. The van der Waals surface area contributed by atoms with Gasteiger partial charge in [-0.15, -0.1) is 0 Å². The van der Waals surface area contributed by atoms with Gasteiger partial charge in [0.25, 0.3) is 0 Å². The van der Waals surface area contributed by atoms with E-state index in [0.29, 0.717) is 12.0 Å². The first-order valence-corrected chi connectivity index (χ1v) is 8.53. The lowest BCUT2D eigenvalue weighted by Gasteiger charge is -2.26. The molecule has 1 fully saturated rings. The van der Waals surface area contributed by atoms with Crippen LogP contribution in [-0.4, -0.2) is 12.6 Å². The molecule has 1 aliphatic rings. The molecule has 1 saturated carbocycles. The van der Waals surface area contributed by atoms with Crippen molar-refractivity contribution < 1.29 is 4.74 Å². The SMILES string of the molecule is CC(C)CNCc1ccc(COC2CCCC(C)C2)cc1. The Balaban J connectivity index is 1.71. The molecular formula is C19H31NO. The van der Waals surface area contributed by atoms with Crippen molar-refractivity contribution in [3.05, 3.63) is 35.4 Å². The summed E-state index contributed by atoms with van der Waals surface area (Å²) in [5, 5.41) is 3.48. The minimum atomic E-state index is 0.473. The Labute approximate surface area is 130 Å². The topological polar surface area (TPSA) is 21.3 Å². The van der Waals surface area contributed by atoms with E-state index in [0.717, 1.165) is 25.6 Å². The van der Waals surface area contributed by atoms with Gasteiger partial charge >= 0.3 is 0 Å². The van der Waals surface area contributed by atoms with Crippen molar-refractivity contribution in [1.82, 2.24) is 5.32 Å². The highest BCUT2D eigenvalue weighted by atomic mass is 16.5. The molecule has 1 aromatic rings. The Morgan fingerprint density at radius 1 is 1.14 bits per heavy atom. The van der Waals surface area contributed by atoms with Crippen molar-refractivity contribution in [1.29, 1.82) is 0 Å². The highest BCUT2D eigenvalue weighted by Gasteiger charge is 2.19. The summed E-state index contributed by atoms with van der Waals surface area (Å²) in [5.41, 5.74) is 2.64. The van der Waals surface area contributed by atoms with Gasteiger partial charge in [0.15, 0.2) is 0 Å². The zero-order chi connectivity index (χ0) is 15.1. The maximum Gasteiger partial charge on any atom is 0.0720 e. The first kappa shape index (κ1) is 16.5. The minimum absolute atomic E-state index is 0.473. The number of nitrogens with one attached hydrogen (secondary N) is 1. The average Bonchev–Trinajstić information content (AvgIpc) is 2.46. The molecule has 2 heteroatoms. The van der Waals surface area contributed by atoms with Gasteiger partial charge in [0.1, 0.15) is 0 Å². The minimum Gasteiger partial charge on any atom is -0.374 e. The fourth-order valence-corrected chi connectivity index (χ4v) is 3.00. The van der Waals surface area contributed by atoms with Crippen LogP contribution in [0.15, 0.2) is 24.3 Å². The molecule has 1 aromatic carbocycles. The lowest BCUT2D eigenvalue weighted by atomic mass is 9.89. The molecule has 2 unspecified atom stereocenters. The van der Waals surface area contributed by atoms with Gasteiger partial charge < -0.3 is 10.1 Å². The summed E-state index contributed by atoms with van der Waals surface area (Å²) in [4.78, 5) is 0. The van der Waals surface area contributed by atoms with Crippen molar-refractivity contribution in [2.24, 2.45) is 11.8 Å². The molecule has 0 spiro atoms. The summed E-state index contributed by atoms with van der Waals surface area (Å²) in [7, 11) is 0. The zero-order valence-electron chi connectivity index (χ0n) is 13.9. The molecule has 0 heterocycles. The summed E-state index contributed by atoms with van der Waals surface area (Å²) in [6.07, 6.45) is 5.64. The van der Waals surface area contributed by atoms with E-state index in [1.165, 1.54) is 36.8 Å². The maximum atomic E-state index is 6.08. The molecule has 1 aliphatic carbocycles. The Morgan fingerprint density at radius 2 is 1.86 bits per heavy atom. The van der Waals surface area contributed by atoms with Gasteiger partial charge in [0, 0.05) is 6.54 Å². The van der Waals surface area contributed by atoms with Crippen LogP contribution in [-0.2, 0) is 17.9 Å². The Morgan fingerprint density at radius 3 is 2.52 bits per heavy atom. The third kappa shape index (κ3) is 6.19. The van der Waals surface area contributed by atoms with Gasteiger partial charge in [-0.05, 0) is 42.3 Å². The third-order valence-corrected chi connectivity index (χ3v) is 4.28. The standard InChI is InChI=1S/C19H31NO/c1-15(2)12-20-13-17-7-9-18(10-8-17)14-21-19-6-4-5-16(3)11-19/h7-10,15-16,19-20H,4-6,11-14H2,1-3H3. The van der Waals surface area contributed by atoms with E-state index in [1.807, 2.05) is 0 Å². The monoisotopic (exact) mass is 289 g/mol. The van der Waals surface area contributed by atoms with Crippen molar-refractivity contribution in [2.45, 2.75) is 65.7 Å². The normalized spacial score (nSPS) is 22.7. The van der Waals surface area contributed by atoms with Crippen LogP contribution in [0.5, 0.6) is 0 Å². The summed E-state index contributed by atoms with van der Waals surface area (Å²) < 4.78 is 6.08. The number of hydrogen-bond donors (Lipinski definition) is 1. The molecule has 1 N–H and O–H groups in total. The van der Waals surface area contributed by atoms with E-state index in [-0.39, 0.29) is 0 Å². The predicted octanol–water partition coefficient (Wildman–Crippen LogP) is 4.53. The van der Waals surface area contributed by atoms with E-state index in [9.17, 15) is 0 Å². The molecule has 0 saturated heterocycles. The molecule has 2 atom stereocenters. The van der Waals surface area contributed by atoms with Crippen LogP contribution < -0.4 is 5.32 Å². The zero-order valence-corrected chi connectivity index (χ0v) is 13.9. The first-order chi connectivity index (χ1) is 10.1. The summed E-state index contributed by atoms with van der Waals surface area (Å²) in [6.45, 7) is 9.61. The number of rotatable bonds is 7. The lowest BCUT2D eigenvalue weighted by molar-refractivity contribution is 0.00466. The van der Waals surface area contributed by atoms with Gasteiger partial charge in [-0.3, -0.25) is 0 Å². The molecule has 2 nitrogen and oxygen atoms in total. The third-order valence-electron chi connectivity index (χ3n) is 4.28. The number of benzene rings is 1. The summed E-state index contributed by atoms with van der Waals surface area (Å²) >= 11 is 0. The van der Waals surface area contributed by atoms with Gasteiger partial charge in [-0.1, -0.05) is 57.9 Å². The second-order valence-corrected chi connectivity index (χ2v) is 7.05. The Hall–Kier alpha value is -0.860. The van der Waals surface area contributed by atoms with E-state index in [2.05, 4.69) is 50.4 Å². The van der Waals surface area contributed by atoms with E-state index >= 15 is 0 Å². The van der Waals surface area contributed by atoms with Crippen LogP contribution in [0, 0.1) is 11.8 Å². The van der Waals surface area contributed by atoms with Crippen LogP contribution in [0.2, 0.25) is 0 Å². The van der Waals surface area contributed by atoms with E-state index in [1.54, 1.807) is 0 Å². The van der Waals surface area contributed by atoms with Crippen LogP contribution >= 0.6 is 0 Å². The van der Waals surface area contributed by atoms with E-state index in [4.69, 9.17) is 4.74 Å². The molecular weight excluding hydrogens is 258 g/mol. The van der Waals surface area contributed by atoms with Crippen LogP contribution in [0.1, 0.15) is 57.6 Å². The molecule has 0 bridgehead atoms. The molecule has 0 radical (unpaired) electrons. The van der Waals surface area contributed by atoms with Crippen molar-refractivity contribution in [2.75, 3.05) is 6.54 Å². The molecule has 21 heavy (non-hydrogen) atoms. The van der Waals surface area contributed by atoms with Gasteiger partial charge in [0.2, 0.25) is 0 Å². The Bertz CT molecular complexity index is 399. The smallest absolute Gasteiger partial charge is 0.0720 e. The largest absolute Gasteiger partial charge is 0.374 e. The molecule has 2 rings (SSSR count). The average molecular weight is 289 g/mol. The second-order valence-electron chi connectivity index (χ2n) is 7.05. The number of ether oxygens (including phenoxy) is 1. The maximum absolute atomic E-state index is 6.08. The fourth-order valence-electron chi connectivity index (χ4n) is 3.00. The van der Waals surface area contributed by atoms with Gasteiger partial charge in [-0.25, -0.2) is 0 Å². The lowest BCUT2D eigenvalue weighted by Crippen LogP contribution is -2.21. The van der Waals surface area contributed by atoms with Crippen LogP contribution in [0.4, 0.5) is 0 Å². The van der Waals surface area contributed by atoms with Crippen LogP contribution in [0.3, 0.4) is 0 Å².